The van der Waals surface area contributed by atoms with Gasteiger partial charge in [0.2, 0.25) is 0 Å². The lowest BCUT2D eigenvalue weighted by Crippen LogP contribution is -2.06. The highest BCUT2D eigenvalue weighted by molar-refractivity contribution is 5.67. The Bertz CT molecular complexity index is 305. The Balaban J connectivity index is 2.39. The molecule has 1 aromatic carbocycles. The Morgan fingerprint density at radius 3 is 2.53 bits per heavy atom. The maximum absolute atomic E-state index is 10.2. The van der Waals surface area contributed by atoms with Crippen LogP contribution in [0, 0.1) is 0 Å². The van der Waals surface area contributed by atoms with Crippen LogP contribution in [-0.2, 0) is 16.1 Å². The second-order valence-corrected chi connectivity index (χ2v) is 2.96. The number of carboxylic acid groups (broad SMARTS) is 1. The zero-order valence-corrected chi connectivity index (χ0v) is 8.60. The molecule has 82 valence electrons. The van der Waals surface area contributed by atoms with Crippen molar-refractivity contribution < 1.29 is 19.4 Å². The molecule has 0 aliphatic carbocycles. The van der Waals surface area contributed by atoms with E-state index in [1.54, 1.807) is 0 Å². The molecule has 0 saturated carbocycles. The smallest absolute Gasteiger partial charge is 0.329 e. The molecule has 0 atom stereocenters. The van der Waals surface area contributed by atoms with Gasteiger partial charge in [-0.3, -0.25) is 0 Å². The molecule has 0 amide bonds. The summed E-state index contributed by atoms with van der Waals surface area (Å²) in [4.78, 5) is 10.2. The first-order valence-electron chi connectivity index (χ1n) is 4.73. The van der Waals surface area contributed by atoms with Gasteiger partial charge in [0.05, 0.1) is 13.2 Å². The summed E-state index contributed by atoms with van der Waals surface area (Å²) in [6.07, 6.45) is 0. The molecule has 1 aromatic rings. The van der Waals surface area contributed by atoms with Gasteiger partial charge in [-0.05, 0) is 24.6 Å². The summed E-state index contributed by atoms with van der Waals surface area (Å²) in [6, 6.07) is 7.38. The van der Waals surface area contributed by atoms with Crippen LogP contribution < -0.4 is 4.74 Å². The molecule has 4 nitrogen and oxygen atoms in total. The predicted octanol–water partition coefficient (Wildman–Crippen LogP) is 1.69. The molecule has 15 heavy (non-hydrogen) atoms. The van der Waals surface area contributed by atoms with Crippen LogP contribution in [-0.4, -0.2) is 24.3 Å². The van der Waals surface area contributed by atoms with Crippen LogP contribution in [0.1, 0.15) is 12.5 Å². The Labute approximate surface area is 88.4 Å². The lowest BCUT2D eigenvalue weighted by Gasteiger charge is -2.04. The highest BCUT2D eigenvalue weighted by Crippen LogP contribution is 2.12. The van der Waals surface area contributed by atoms with Crippen molar-refractivity contribution >= 4 is 5.97 Å². The molecule has 0 radical (unpaired) electrons. The maximum atomic E-state index is 10.2. The van der Waals surface area contributed by atoms with E-state index in [1.807, 2.05) is 31.2 Å². The van der Waals surface area contributed by atoms with E-state index in [-0.39, 0.29) is 6.61 Å². The van der Waals surface area contributed by atoms with Crippen molar-refractivity contribution in [3.05, 3.63) is 29.8 Å². The number of aliphatic carboxylic acids is 1. The van der Waals surface area contributed by atoms with Gasteiger partial charge in [-0.1, -0.05) is 12.1 Å². The van der Waals surface area contributed by atoms with Crippen LogP contribution in [0.5, 0.6) is 5.75 Å². The third kappa shape index (κ3) is 4.46. The molecule has 0 heterocycles. The molecular formula is C11H14O4. The number of ether oxygens (including phenoxy) is 2. The molecule has 0 spiro atoms. The molecular weight excluding hydrogens is 196 g/mol. The van der Waals surface area contributed by atoms with Crippen molar-refractivity contribution in [1.82, 2.24) is 0 Å². The fourth-order valence-electron chi connectivity index (χ4n) is 1.10. The molecule has 1 N–H and O–H groups in total. The number of carboxylic acids is 1. The molecule has 0 aliphatic heterocycles. The van der Waals surface area contributed by atoms with Gasteiger partial charge >= 0.3 is 5.97 Å². The van der Waals surface area contributed by atoms with E-state index >= 15 is 0 Å². The van der Waals surface area contributed by atoms with Gasteiger partial charge in [-0.25, -0.2) is 4.79 Å². The molecule has 0 fully saturated rings. The van der Waals surface area contributed by atoms with E-state index in [2.05, 4.69) is 0 Å². The summed E-state index contributed by atoms with van der Waals surface area (Å²) >= 11 is 0. The molecule has 1 rings (SSSR count). The summed E-state index contributed by atoms with van der Waals surface area (Å²) in [5.41, 5.74) is 0.930. The maximum Gasteiger partial charge on any atom is 0.329 e. The zero-order valence-electron chi connectivity index (χ0n) is 8.60. The summed E-state index contributed by atoms with van der Waals surface area (Å²) in [7, 11) is 0. The molecule has 4 heteroatoms. The van der Waals surface area contributed by atoms with Crippen LogP contribution in [0.15, 0.2) is 24.3 Å². The van der Waals surface area contributed by atoms with E-state index in [1.165, 1.54) is 0 Å². The second kappa shape index (κ2) is 6.03. The highest BCUT2D eigenvalue weighted by Gasteiger charge is 1.98. The zero-order chi connectivity index (χ0) is 11.1. The lowest BCUT2D eigenvalue weighted by atomic mass is 10.2. The van der Waals surface area contributed by atoms with Crippen molar-refractivity contribution in [2.75, 3.05) is 13.2 Å². The van der Waals surface area contributed by atoms with Gasteiger partial charge in [-0.2, -0.15) is 0 Å². The molecule has 0 aromatic heterocycles. The fourth-order valence-corrected chi connectivity index (χ4v) is 1.10. The molecule has 0 bridgehead atoms. The Hall–Kier alpha value is -1.55. The second-order valence-electron chi connectivity index (χ2n) is 2.96. The van der Waals surface area contributed by atoms with Crippen LogP contribution in [0.25, 0.3) is 0 Å². The van der Waals surface area contributed by atoms with E-state index in [0.717, 1.165) is 11.3 Å². The van der Waals surface area contributed by atoms with Gasteiger partial charge in [0.1, 0.15) is 12.4 Å². The standard InChI is InChI=1S/C11H14O4/c1-2-15-10-5-3-9(4-6-10)7-14-8-11(12)13/h3-6H,2,7-8H2,1H3,(H,12,13). The third-order valence-electron chi connectivity index (χ3n) is 1.73. The number of carbonyl (C=O) groups is 1. The first-order valence-corrected chi connectivity index (χ1v) is 4.73. The molecule has 0 saturated heterocycles. The van der Waals surface area contributed by atoms with Gasteiger partial charge in [0.15, 0.2) is 0 Å². The first-order chi connectivity index (χ1) is 7.22. The quantitative estimate of drug-likeness (QED) is 0.776. The van der Waals surface area contributed by atoms with Crippen molar-refractivity contribution in [2.45, 2.75) is 13.5 Å². The number of hydrogen-bond donors (Lipinski definition) is 1. The molecule has 0 aliphatic rings. The predicted molar refractivity (Wildman–Crippen MR) is 54.9 cm³/mol. The largest absolute Gasteiger partial charge is 0.494 e. The van der Waals surface area contributed by atoms with Gasteiger partial charge in [0.25, 0.3) is 0 Å². The fraction of sp³-hybridized carbons (Fsp3) is 0.364. The first kappa shape index (κ1) is 11.5. The van der Waals surface area contributed by atoms with Crippen LogP contribution >= 0.6 is 0 Å². The van der Waals surface area contributed by atoms with Gasteiger partial charge in [0, 0.05) is 0 Å². The van der Waals surface area contributed by atoms with Crippen LogP contribution in [0.3, 0.4) is 0 Å². The van der Waals surface area contributed by atoms with E-state index in [9.17, 15) is 4.79 Å². The summed E-state index contributed by atoms with van der Waals surface area (Å²) in [6.45, 7) is 2.59. The summed E-state index contributed by atoms with van der Waals surface area (Å²) in [5.74, 6) is -0.152. The van der Waals surface area contributed by atoms with Crippen molar-refractivity contribution in [2.24, 2.45) is 0 Å². The minimum atomic E-state index is -0.957. The number of rotatable bonds is 6. The SMILES string of the molecule is CCOc1ccc(COCC(=O)O)cc1. The van der Waals surface area contributed by atoms with Gasteiger partial charge in [-0.15, -0.1) is 0 Å². The average molecular weight is 210 g/mol. The monoisotopic (exact) mass is 210 g/mol. The summed E-state index contributed by atoms with van der Waals surface area (Å²) < 4.78 is 10.2. The van der Waals surface area contributed by atoms with E-state index < -0.39 is 5.97 Å². The minimum absolute atomic E-state index is 0.271. The van der Waals surface area contributed by atoms with Gasteiger partial charge < -0.3 is 14.6 Å². The van der Waals surface area contributed by atoms with E-state index in [4.69, 9.17) is 14.6 Å². The highest BCUT2D eigenvalue weighted by atomic mass is 16.5. The van der Waals surface area contributed by atoms with Crippen LogP contribution in [0.4, 0.5) is 0 Å². The Kier molecular flexibility index (Phi) is 4.63. The lowest BCUT2D eigenvalue weighted by molar-refractivity contribution is -0.142. The van der Waals surface area contributed by atoms with Crippen molar-refractivity contribution in [3.8, 4) is 5.75 Å². The van der Waals surface area contributed by atoms with E-state index in [0.29, 0.717) is 13.2 Å². The van der Waals surface area contributed by atoms with Crippen LogP contribution in [0.2, 0.25) is 0 Å². The topological polar surface area (TPSA) is 55.8 Å². The number of hydrogen-bond acceptors (Lipinski definition) is 3. The Morgan fingerprint density at radius 2 is 2.00 bits per heavy atom. The normalized spacial score (nSPS) is 9.93. The minimum Gasteiger partial charge on any atom is -0.494 e. The average Bonchev–Trinajstić information content (AvgIpc) is 2.20. The number of benzene rings is 1. The third-order valence-corrected chi connectivity index (χ3v) is 1.73. The summed E-state index contributed by atoms with van der Waals surface area (Å²) in [5, 5.41) is 8.36. The van der Waals surface area contributed by atoms with Crippen molar-refractivity contribution in [1.29, 1.82) is 0 Å². The Morgan fingerprint density at radius 1 is 1.33 bits per heavy atom. The molecule has 0 unspecified atom stereocenters. The van der Waals surface area contributed by atoms with Crippen molar-refractivity contribution in [3.63, 3.8) is 0 Å².